The van der Waals surface area contributed by atoms with Gasteiger partial charge in [0.15, 0.2) is 5.78 Å². The van der Waals surface area contributed by atoms with Gasteiger partial charge in [0.25, 0.3) is 0 Å². The number of amides is 1. The molecule has 1 amide bonds. The van der Waals surface area contributed by atoms with Gasteiger partial charge in [0, 0.05) is 17.3 Å². The second-order valence-electron chi connectivity index (χ2n) is 5.48. The van der Waals surface area contributed by atoms with Crippen LogP contribution in [-0.2, 0) is 4.79 Å². The Morgan fingerprint density at radius 3 is 2.73 bits per heavy atom. The highest BCUT2D eigenvalue weighted by Gasteiger charge is 2.18. The van der Waals surface area contributed by atoms with Crippen molar-refractivity contribution in [3.8, 4) is 6.07 Å². The maximum Gasteiger partial charge on any atom is 0.230 e. The molecule has 1 aliphatic rings. The van der Waals surface area contributed by atoms with Gasteiger partial charge >= 0.3 is 0 Å². The van der Waals surface area contributed by atoms with Gasteiger partial charge in [-0.05, 0) is 32.8 Å². The minimum atomic E-state index is -0.114. The van der Waals surface area contributed by atoms with E-state index in [9.17, 15) is 14.9 Å². The molecule has 5 nitrogen and oxygen atoms in total. The molecule has 0 unspecified atom stereocenters. The van der Waals surface area contributed by atoms with E-state index in [0.717, 1.165) is 12.8 Å². The average Bonchev–Trinajstić information content (AvgIpc) is 2.97. The van der Waals surface area contributed by atoms with E-state index >= 15 is 0 Å². The zero-order valence-corrected chi connectivity index (χ0v) is 13.6. The van der Waals surface area contributed by atoms with Gasteiger partial charge in [0.2, 0.25) is 5.91 Å². The Morgan fingerprint density at radius 1 is 1.45 bits per heavy atom. The Balaban J connectivity index is 2.02. The summed E-state index contributed by atoms with van der Waals surface area (Å²) in [7, 11) is 0. The lowest BCUT2D eigenvalue weighted by molar-refractivity contribution is -0.119. The zero-order chi connectivity index (χ0) is 16.1. The molecule has 0 aliphatic heterocycles. The predicted molar refractivity (Wildman–Crippen MR) is 84.8 cm³/mol. The second kappa shape index (κ2) is 7.41. The molecule has 1 fully saturated rings. The molecule has 1 aromatic heterocycles. The van der Waals surface area contributed by atoms with Crippen molar-refractivity contribution in [2.45, 2.75) is 50.6 Å². The average molecular weight is 317 g/mol. The summed E-state index contributed by atoms with van der Waals surface area (Å²) in [5, 5.41) is 12.7. The highest BCUT2D eigenvalue weighted by atomic mass is 32.2. The van der Waals surface area contributed by atoms with Gasteiger partial charge < -0.3 is 5.32 Å². The molecule has 0 spiro atoms. The zero-order valence-electron chi connectivity index (χ0n) is 12.8. The molecule has 1 saturated carbocycles. The van der Waals surface area contributed by atoms with Crippen molar-refractivity contribution >= 4 is 23.5 Å². The Kier molecular flexibility index (Phi) is 5.56. The van der Waals surface area contributed by atoms with Crippen LogP contribution in [-0.4, -0.2) is 28.5 Å². The summed E-state index contributed by atoms with van der Waals surface area (Å²) >= 11 is 1.24. The summed E-state index contributed by atoms with van der Waals surface area (Å²) in [6, 6.07) is 3.90. The highest BCUT2D eigenvalue weighted by molar-refractivity contribution is 8.00. The van der Waals surface area contributed by atoms with Gasteiger partial charge in [-0.25, -0.2) is 4.98 Å². The fraction of sp³-hybridized carbons (Fsp3) is 0.500. The number of aromatic nitrogens is 1. The molecular formula is C16H19N3O2S. The first-order chi connectivity index (χ1) is 10.5. The van der Waals surface area contributed by atoms with Crippen LogP contribution in [0.25, 0.3) is 0 Å². The molecule has 0 bridgehead atoms. The lowest BCUT2D eigenvalue weighted by atomic mass is 10.1. The van der Waals surface area contributed by atoms with Crippen molar-refractivity contribution in [2.75, 3.05) is 5.75 Å². The number of carbonyl (C=O) groups excluding carboxylic acids is 2. The van der Waals surface area contributed by atoms with E-state index in [0.29, 0.717) is 27.9 Å². The number of nitriles is 1. The van der Waals surface area contributed by atoms with Gasteiger partial charge in [-0.1, -0.05) is 24.6 Å². The van der Waals surface area contributed by atoms with E-state index in [2.05, 4.69) is 10.3 Å². The summed E-state index contributed by atoms with van der Waals surface area (Å²) in [4.78, 5) is 27.7. The van der Waals surface area contributed by atoms with E-state index in [1.807, 2.05) is 6.07 Å². The predicted octanol–water partition coefficient (Wildman–Crippen LogP) is 2.62. The fourth-order valence-corrected chi connectivity index (χ4v) is 3.42. The quantitative estimate of drug-likeness (QED) is 0.666. The monoisotopic (exact) mass is 317 g/mol. The van der Waals surface area contributed by atoms with Gasteiger partial charge in [-0.3, -0.25) is 9.59 Å². The SMILES string of the molecule is CC(=O)c1cc(C#N)c(SCC(=O)NC2CCCC2)nc1C. The first kappa shape index (κ1) is 16.5. The number of nitrogens with zero attached hydrogens (tertiary/aromatic N) is 2. The standard InChI is InChI=1S/C16H19N3O2S/c1-10-14(11(2)20)7-12(8-17)16(18-10)22-9-15(21)19-13-5-3-4-6-13/h7,13H,3-6,9H2,1-2H3,(H,19,21). The van der Waals surface area contributed by atoms with Crippen molar-refractivity contribution in [1.82, 2.24) is 10.3 Å². The number of carbonyl (C=O) groups is 2. The molecule has 2 rings (SSSR count). The molecule has 0 atom stereocenters. The van der Waals surface area contributed by atoms with Crippen LogP contribution in [0.15, 0.2) is 11.1 Å². The third kappa shape index (κ3) is 4.08. The van der Waals surface area contributed by atoms with Crippen LogP contribution in [0.1, 0.15) is 54.2 Å². The lowest BCUT2D eigenvalue weighted by Crippen LogP contribution is -2.33. The van der Waals surface area contributed by atoms with Crippen molar-refractivity contribution in [3.05, 3.63) is 22.9 Å². The molecule has 22 heavy (non-hydrogen) atoms. The van der Waals surface area contributed by atoms with E-state index in [1.165, 1.54) is 31.5 Å². The summed E-state index contributed by atoms with van der Waals surface area (Å²) < 4.78 is 0. The number of thioether (sulfide) groups is 1. The maximum atomic E-state index is 11.9. The molecule has 1 aromatic rings. The number of ketones is 1. The van der Waals surface area contributed by atoms with Crippen molar-refractivity contribution < 1.29 is 9.59 Å². The lowest BCUT2D eigenvalue weighted by Gasteiger charge is -2.12. The minimum absolute atomic E-state index is 0.0316. The van der Waals surface area contributed by atoms with Crippen molar-refractivity contribution in [3.63, 3.8) is 0 Å². The largest absolute Gasteiger partial charge is 0.353 e. The first-order valence-corrected chi connectivity index (χ1v) is 8.34. The van der Waals surface area contributed by atoms with E-state index < -0.39 is 0 Å². The Bertz CT molecular complexity index is 631. The molecule has 6 heteroatoms. The fourth-order valence-electron chi connectivity index (χ4n) is 2.60. The highest BCUT2D eigenvalue weighted by Crippen LogP contribution is 2.23. The molecule has 0 aromatic carbocycles. The van der Waals surface area contributed by atoms with Gasteiger partial charge in [0.1, 0.15) is 11.1 Å². The summed E-state index contributed by atoms with van der Waals surface area (Å²) in [5.41, 5.74) is 1.39. The smallest absolute Gasteiger partial charge is 0.230 e. The number of pyridine rings is 1. The van der Waals surface area contributed by atoms with Crippen LogP contribution >= 0.6 is 11.8 Å². The molecule has 116 valence electrons. The number of hydrogen-bond donors (Lipinski definition) is 1. The normalized spacial score (nSPS) is 14.6. The van der Waals surface area contributed by atoms with Crippen LogP contribution < -0.4 is 5.32 Å². The van der Waals surface area contributed by atoms with Crippen molar-refractivity contribution in [2.24, 2.45) is 0 Å². The first-order valence-electron chi connectivity index (χ1n) is 7.36. The molecule has 1 heterocycles. The third-order valence-corrected chi connectivity index (χ3v) is 4.73. The summed E-state index contributed by atoms with van der Waals surface area (Å²) in [6.45, 7) is 3.19. The summed E-state index contributed by atoms with van der Waals surface area (Å²) in [6.07, 6.45) is 4.43. The number of Topliss-reactive ketones (excluding diaryl/α,β-unsaturated/α-hetero) is 1. The Hall–Kier alpha value is -1.87. The van der Waals surface area contributed by atoms with Gasteiger partial charge in [-0.15, -0.1) is 0 Å². The second-order valence-corrected chi connectivity index (χ2v) is 6.44. The van der Waals surface area contributed by atoms with E-state index in [4.69, 9.17) is 0 Å². The van der Waals surface area contributed by atoms with Gasteiger partial charge in [0.05, 0.1) is 11.3 Å². The Morgan fingerprint density at radius 2 is 2.14 bits per heavy atom. The van der Waals surface area contributed by atoms with Crippen LogP contribution in [0.3, 0.4) is 0 Å². The molecular weight excluding hydrogens is 298 g/mol. The molecule has 1 N–H and O–H groups in total. The number of hydrogen-bond acceptors (Lipinski definition) is 5. The van der Waals surface area contributed by atoms with Crippen LogP contribution in [0.4, 0.5) is 0 Å². The third-order valence-electron chi connectivity index (χ3n) is 3.74. The van der Waals surface area contributed by atoms with Crippen LogP contribution in [0.2, 0.25) is 0 Å². The van der Waals surface area contributed by atoms with Crippen LogP contribution in [0, 0.1) is 18.3 Å². The number of aryl methyl sites for hydroxylation is 1. The molecule has 1 aliphatic carbocycles. The minimum Gasteiger partial charge on any atom is -0.353 e. The van der Waals surface area contributed by atoms with E-state index in [1.54, 1.807) is 13.0 Å². The number of nitrogens with one attached hydrogen (secondary N) is 1. The number of rotatable bonds is 5. The Labute approximate surface area is 134 Å². The molecule has 0 radical (unpaired) electrons. The van der Waals surface area contributed by atoms with Gasteiger partial charge in [-0.2, -0.15) is 5.26 Å². The van der Waals surface area contributed by atoms with E-state index in [-0.39, 0.29) is 17.4 Å². The summed E-state index contributed by atoms with van der Waals surface area (Å²) in [5.74, 6) is 0.0877. The van der Waals surface area contributed by atoms with Crippen molar-refractivity contribution in [1.29, 1.82) is 5.26 Å². The maximum absolute atomic E-state index is 11.9. The molecule has 0 saturated heterocycles. The topological polar surface area (TPSA) is 82.8 Å². The van der Waals surface area contributed by atoms with Crippen LogP contribution in [0.5, 0.6) is 0 Å².